The fourth-order valence-corrected chi connectivity index (χ4v) is 2.77. The summed E-state index contributed by atoms with van der Waals surface area (Å²) < 4.78 is 0. The molecule has 0 unspecified atom stereocenters. The Balaban J connectivity index is 2.03. The number of carbonyl (C=O) groups is 1. The molecule has 1 amide bonds. The first-order valence-electron chi connectivity index (χ1n) is 7.13. The molecule has 19 heavy (non-hydrogen) atoms. The van der Waals surface area contributed by atoms with Gasteiger partial charge in [-0.15, -0.1) is 0 Å². The largest absolute Gasteiger partial charge is 0.397 e. The lowest BCUT2D eigenvalue weighted by atomic mass is 9.92. The van der Waals surface area contributed by atoms with Crippen LogP contribution >= 0.6 is 0 Å². The van der Waals surface area contributed by atoms with Crippen molar-refractivity contribution in [3.8, 4) is 0 Å². The molecule has 0 bridgehead atoms. The predicted molar refractivity (Wildman–Crippen MR) is 76.9 cm³/mol. The van der Waals surface area contributed by atoms with E-state index in [-0.39, 0.29) is 5.91 Å². The second-order valence-corrected chi connectivity index (χ2v) is 5.43. The second kappa shape index (κ2) is 6.04. The maximum atomic E-state index is 12.5. The maximum absolute atomic E-state index is 12.5. The Morgan fingerprint density at radius 3 is 2.79 bits per heavy atom. The van der Waals surface area contributed by atoms with Gasteiger partial charge in [0.2, 0.25) is 0 Å². The molecule has 0 aromatic carbocycles. The molecule has 1 aromatic heterocycles. The fraction of sp³-hybridized carbons (Fsp3) is 0.600. The number of hydrogen-bond acceptors (Lipinski definition) is 3. The number of piperidine rings is 1. The van der Waals surface area contributed by atoms with Gasteiger partial charge in [0.25, 0.3) is 5.91 Å². The van der Waals surface area contributed by atoms with Crippen LogP contribution in [0.25, 0.3) is 0 Å². The smallest absolute Gasteiger partial charge is 0.255 e. The molecule has 0 saturated carbocycles. The number of nitrogens with zero attached hydrogens (tertiary/aromatic N) is 2. The average Bonchev–Trinajstić information content (AvgIpc) is 2.42. The van der Waals surface area contributed by atoms with Crippen LogP contribution in [0.4, 0.5) is 5.69 Å². The topological polar surface area (TPSA) is 59.2 Å². The zero-order valence-corrected chi connectivity index (χ0v) is 11.9. The minimum Gasteiger partial charge on any atom is -0.397 e. The van der Waals surface area contributed by atoms with Gasteiger partial charge in [0.05, 0.1) is 23.1 Å². The van der Waals surface area contributed by atoms with Gasteiger partial charge < -0.3 is 10.6 Å². The number of anilines is 1. The Morgan fingerprint density at radius 1 is 1.47 bits per heavy atom. The van der Waals surface area contributed by atoms with Gasteiger partial charge in [0.15, 0.2) is 0 Å². The van der Waals surface area contributed by atoms with E-state index in [1.807, 2.05) is 11.8 Å². The van der Waals surface area contributed by atoms with Crippen LogP contribution in [-0.4, -0.2) is 28.9 Å². The van der Waals surface area contributed by atoms with Crippen molar-refractivity contribution in [3.05, 3.63) is 23.5 Å². The molecule has 2 heterocycles. The van der Waals surface area contributed by atoms with Crippen molar-refractivity contribution in [1.29, 1.82) is 0 Å². The minimum absolute atomic E-state index is 0.0762. The number of hydrogen-bond donors (Lipinski definition) is 1. The summed E-state index contributed by atoms with van der Waals surface area (Å²) in [5, 5.41) is 0. The molecule has 4 nitrogen and oxygen atoms in total. The molecule has 2 N–H and O–H groups in total. The van der Waals surface area contributed by atoms with E-state index in [4.69, 9.17) is 5.73 Å². The van der Waals surface area contributed by atoms with Crippen LogP contribution in [0.5, 0.6) is 0 Å². The van der Waals surface area contributed by atoms with E-state index in [0.717, 1.165) is 37.5 Å². The van der Waals surface area contributed by atoms with E-state index >= 15 is 0 Å². The van der Waals surface area contributed by atoms with Crippen molar-refractivity contribution in [2.45, 2.75) is 39.5 Å². The first kappa shape index (κ1) is 13.8. The van der Waals surface area contributed by atoms with E-state index in [2.05, 4.69) is 11.9 Å². The molecule has 0 spiro atoms. The van der Waals surface area contributed by atoms with E-state index in [1.165, 1.54) is 12.8 Å². The zero-order valence-electron chi connectivity index (χ0n) is 11.9. The lowest BCUT2D eigenvalue weighted by molar-refractivity contribution is 0.0685. The van der Waals surface area contributed by atoms with Crippen LogP contribution in [0.2, 0.25) is 0 Å². The molecule has 1 aliphatic heterocycles. The van der Waals surface area contributed by atoms with Crippen molar-refractivity contribution in [2.24, 2.45) is 5.92 Å². The molecule has 1 aromatic rings. The third-order valence-electron chi connectivity index (χ3n) is 3.94. The molecule has 1 aliphatic rings. The van der Waals surface area contributed by atoms with Crippen molar-refractivity contribution in [3.63, 3.8) is 0 Å². The summed E-state index contributed by atoms with van der Waals surface area (Å²) in [6, 6.07) is 1.74. The van der Waals surface area contributed by atoms with E-state index in [9.17, 15) is 4.79 Å². The molecule has 0 aliphatic carbocycles. The molecule has 104 valence electrons. The number of pyridine rings is 1. The van der Waals surface area contributed by atoms with Gasteiger partial charge in [-0.1, -0.05) is 19.8 Å². The Hall–Kier alpha value is -1.58. The SMILES string of the molecule is CCCC1CCN(C(=O)c2cc(N)cnc2C)CC1. The summed E-state index contributed by atoms with van der Waals surface area (Å²) in [7, 11) is 0. The van der Waals surface area contributed by atoms with Gasteiger partial charge in [0.1, 0.15) is 0 Å². The highest BCUT2D eigenvalue weighted by Crippen LogP contribution is 2.23. The fourth-order valence-electron chi connectivity index (χ4n) is 2.77. The number of aromatic nitrogens is 1. The lowest BCUT2D eigenvalue weighted by Crippen LogP contribution is -2.38. The first-order valence-corrected chi connectivity index (χ1v) is 7.13. The number of carbonyl (C=O) groups excluding carboxylic acids is 1. The highest BCUT2D eigenvalue weighted by Gasteiger charge is 2.24. The zero-order chi connectivity index (χ0) is 13.8. The van der Waals surface area contributed by atoms with Crippen LogP contribution < -0.4 is 5.73 Å². The van der Waals surface area contributed by atoms with Crippen LogP contribution in [-0.2, 0) is 0 Å². The summed E-state index contributed by atoms with van der Waals surface area (Å²) in [4.78, 5) is 18.6. The van der Waals surface area contributed by atoms with Gasteiger partial charge in [-0.2, -0.15) is 0 Å². The third kappa shape index (κ3) is 3.25. The maximum Gasteiger partial charge on any atom is 0.255 e. The van der Waals surface area contributed by atoms with E-state index in [0.29, 0.717) is 11.3 Å². The Bertz CT molecular complexity index is 451. The molecule has 0 radical (unpaired) electrons. The Labute approximate surface area is 115 Å². The normalized spacial score (nSPS) is 16.6. The lowest BCUT2D eigenvalue weighted by Gasteiger charge is -2.32. The van der Waals surface area contributed by atoms with Crippen molar-refractivity contribution >= 4 is 11.6 Å². The van der Waals surface area contributed by atoms with Crippen LogP contribution in [0.1, 0.15) is 48.7 Å². The molecule has 0 atom stereocenters. The van der Waals surface area contributed by atoms with Gasteiger partial charge in [-0.25, -0.2) is 0 Å². The Kier molecular flexibility index (Phi) is 4.40. The van der Waals surface area contributed by atoms with Gasteiger partial charge >= 0.3 is 0 Å². The van der Waals surface area contributed by atoms with Crippen LogP contribution in [0, 0.1) is 12.8 Å². The molecular weight excluding hydrogens is 238 g/mol. The number of aryl methyl sites for hydroxylation is 1. The number of nitrogens with two attached hydrogens (primary N) is 1. The number of likely N-dealkylation sites (tertiary alicyclic amines) is 1. The first-order chi connectivity index (χ1) is 9.11. The summed E-state index contributed by atoms with van der Waals surface area (Å²) >= 11 is 0. The quantitative estimate of drug-likeness (QED) is 0.910. The van der Waals surface area contributed by atoms with Gasteiger partial charge in [0, 0.05) is 13.1 Å². The van der Waals surface area contributed by atoms with E-state index in [1.54, 1.807) is 12.3 Å². The van der Waals surface area contributed by atoms with Gasteiger partial charge in [-0.05, 0) is 31.7 Å². The number of rotatable bonds is 3. The highest BCUT2D eigenvalue weighted by atomic mass is 16.2. The standard InChI is InChI=1S/C15H23N3O/c1-3-4-12-5-7-18(8-6-12)15(19)14-9-13(16)10-17-11(14)2/h9-10,12H,3-8,16H2,1-2H3. The van der Waals surface area contributed by atoms with E-state index < -0.39 is 0 Å². The minimum atomic E-state index is 0.0762. The summed E-state index contributed by atoms with van der Waals surface area (Å²) in [5.41, 5.74) is 7.68. The number of amides is 1. The van der Waals surface area contributed by atoms with Crippen molar-refractivity contribution < 1.29 is 4.79 Å². The van der Waals surface area contributed by atoms with Crippen LogP contribution in [0.3, 0.4) is 0 Å². The van der Waals surface area contributed by atoms with Crippen LogP contribution in [0.15, 0.2) is 12.3 Å². The summed E-state index contributed by atoms with van der Waals surface area (Å²) in [5.74, 6) is 0.862. The summed E-state index contributed by atoms with van der Waals surface area (Å²) in [6.45, 7) is 5.80. The monoisotopic (exact) mass is 261 g/mol. The molecule has 1 saturated heterocycles. The Morgan fingerprint density at radius 2 is 2.16 bits per heavy atom. The van der Waals surface area contributed by atoms with Gasteiger partial charge in [-0.3, -0.25) is 9.78 Å². The third-order valence-corrected chi connectivity index (χ3v) is 3.94. The van der Waals surface area contributed by atoms with Crippen molar-refractivity contribution in [1.82, 2.24) is 9.88 Å². The van der Waals surface area contributed by atoms with Crippen molar-refractivity contribution in [2.75, 3.05) is 18.8 Å². The second-order valence-electron chi connectivity index (χ2n) is 5.43. The highest BCUT2D eigenvalue weighted by molar-refractivity contribution is 5.96. The average molecular weight is 261 g/mol. The number of nitrogen functional groups attached to an aromatic ring is 1. The summed E-state index contributed by atoms with van der Waals surface area (Å²) in [6.07, 6.45) is 6.35. The molecule has 4 heteroatoms. The molecule has 2 rings (SSSR count). The predicted octanol–water partition coefficient (Wildman–Crippen LogP) is 2.62. The molecule has 1 fully saturated rings. The molecular formula is C15H23N3O.